The molecule has 1 atom stereocenters. The van der Waals surface area contributed by atoms with Crippen LogP contribution in [0.25, 0.3) is 0 Å². The van der Waals surface area contributed by atoms with E-state index in [1.54, 1.807) is 0 Å². The Bertz CT molecular complexity index is 757. The molecular weight excluding hydrogens is 372 g/mol. The molecule has 0 bridgehead atoms. The van der Waals surface area contributed by atoms with Crippen LogP contribution in [0.4, 0.5) is 0 Å². The normalized spacial score (nSPS) is 15.8. The number of Topliss-reactive ketones (excluding diaryl/α,β-unsaturated/α-hetero) is 1. The van der Waals surface area contributed by atoms with Gasteiger partial charge in [-0.05, 0) is 24.8 Å². The number of amides is 3. The van der Waals surface area contributed by atoms with E-state index in [-0.39, 0.29) is 18.7 Å². The lowest BCUT2D eigenvalue weighted by molar-refractivity contribution is -0.135. The van der Waals surface area contributed by atoms with Gasteiger partial charge in [-0.2, -0.15) is 0 Å². The molecule has 0 aliphatic heterocycles. The van der Waals surface area contributed by atoms with Crippen LogP contribution in [0.2, 0.25) is 0 Å². The molecule has 0 radical (unpaired) electrons. The highest BCUT2D eigenvalue weighted by Crippen LogP contribution is 2.30. The Morgan fingerprint density at radius 3 is 2.38 bits per heavy atom. The minimum Gasteiger partial charge on any atom is -0.350 e. The van der Waals surface area contributed by atoms with Crippen molar-refractivity contribution in [2.24, 2.45) is 0 Å². The van der Waals surface area contributed by atoms with E-state index in [0.29, 0.717) is 25.6 Å². The molecule has 1 aliphatic rings. The van der Waals surface area contributed by atoms with Crippen LogP contribution in [0, 0.1) is 5.41 Å². The molecule has 0 saturated heterocycles. The summed E-state index contributed by atoms with van der Waals surface area (Å²) >= 11 is 0. The van der Waals surface area contributed by atoms with Crippen molar-refractivity contribution in [3.8, 4) is 0 Å². The molecule has 8 nitrogen and oxygen atoms in total. The summed E-state index contributed by atoms with van der Waals surface area (Å²) in [7, 11) is 0. The number of hydrogen-bond acceptors (Lipinski definition) is 5. The number of ketones is 1. The number of nitrogens with one attached hydrogen (secondary N) is 4. The summed E-state index contributed by atoms with van der Waals surface area (Å²) in [6, 6.07) is 8.41. The monoisotopic (exact) mass is 400 g/mol. The van der Waals surface area contributed by atoms with Crippen molar-refractivity contribution in [2.45, 2.75) is 63.6 Å². The van der Waals surface area contributed by atoms with Gasteiger partial charge in [0.2, 0.25) is 17.7 Å². The average Bonchev–Trinajstić information content (AvgIpc) is 3.18. The van der Waals surface area contributed by atoms with Crippen LogP contribution in [0.1, 0.15) is 51.0 Å². The van der Waals surface area contributed by atoms with Gasteiger partial charge in [0.15, 0.2) is 5.78 Å². The quantitative estimate of drug-likeness (QED) is 0.440. The number of carbonyl (C=O) groups excluding carboxylic acids is 4. The van der Waals surface area contributed by atoms with Gasteiger partial charge in [0.25, 0.3) is 0 Å². The highest BCUT2D eigenvalue weighted by Gasteiger charge is 2.43. The van der Waals surface area contributed by atoms with Gasteiger partial charge in [-0.3, -0.25) is 19.2 Å². The molecule has 156 valence electrons. The fourth-order valence-electron chi connectivity index (χ4n) is 3.56. The van der Waals surface area contributed by atoms with Crippen molar-refractivity contribution in [3.63, 3.8) is 0 Å². The van der Waals surface area contributed by atoms with Crippen LogP contribution in [0.5, 0.6) is 0 Å². The molecule has 1 saturated carbocycles. The first kappa shape index (κ1) is 22.3. The minimum atomic E-state index is -1.02. The van der Waals surface area contributed by atoms with Crippen molar-refractivity contribution in [2.75, 3.05) is 0 Å². The maximum atomic E-state index is 13.0. The van der Waals surface area contributed by atoms with Crippen LogP contribution in [0.15, 0.2) is 30.3 Å². The van der Waals surface area contributed by atoms with Crippen LogP contribution in [-0.2, 0) is 25.7 Å². The third-order valence-corrected chi connectivity index (χ3v) is 5.08. The average molecular weight is 400 g/mol. The molecule has 1 aromatic rings. The van der Waals surface area contributed by atoms with Gasteiger partial charge in [-0.15, -0.1) is 0 Å². The Balaban J connectivity index is 2.08. The molecule has 0 heterocycles. The van der Waals surface area contributed by atoms with Crippen LogP contribution >= 0.6 is 0 Å². The van der Waals surface area contributed by atoms with E-state index in [2.05, 4.69) is 16.0 Å². The van der Waals surface area contributed by atoms with Gasteiger partial charge in [0.1, 0.15) is 11.6 Å². The summed E-state index contributed by atoms with van der Waals surface area (Å²) in [5.41, 5.74) is -0.109. The van der Waals surface area contributed by atoms with E-state index >= 15 is 0 Å². The van der Waals surface area contributed by atoms with Crippen molar-refractivity contribution in [3.05, 3.63) is 35.9 Å². The molecule has 4 N–H and O–H groups in total. The summed E-state index contributed by atoms with van der Waals surface area (Å²) in [5.74, 6) is -1.54. The van der Waals surface area contributed by atoms with Gasteiger partial charge in [-0.1, -0.05) is 43.2 Å². The van der Waals surface area contributed by atoms with Gasteiger partial charge in [0, 0.05) is 19.9 Å². The summed E-state index contributed by atoms with van der Waals surface area (Å²) in [5, 5.41) is 15.3. The highest BCUT2D eigenvalue weighted by molar-refractivity contribution is 6.26. The van der Waals surface area contributed by atoms with Crippen LogP contribution < -0.4 is 16.0 Å². The number of benzene rings is 1. The first-order chi connectivity index (χ1) is 13.9. The Labute approximate surface area is 170 Å². The fourth-order valence-corrected chi connectivity index (χ4v) is 3.56. The maximum Gasteiger partial charge on any atom is 0.246 e. The lowest BCUT2D eigenvalue weighted by Crippen LogP contribution is -2.60. The second-order valence-electron chi connectivity index (χ2n) is 7.35. The van der Waals surface area contributed by atoms with Gasteiger partial charge in [0.05, 0.1) is 6.21 Å². The molecule has 1 aliphatic carbocycles. The highest BCUT2D eigenvalue weighted by atomic mass is 16.2. The number of rotatable bonds is 10. The van der Waals surface area contributed by atoms with E-state index in [9.17, 15) is 19.2 Å². The van der Waals surface area contributed by atoms with Crippen LogP contribution in [-0.4, -0.2) is 41.3 Å². The number of hydrogen-bond donors (Lipinski definition) is 4. The summed E-state index contributed by atoms with van der Waals surface area (Å²) in [4.78, 5) is 48.8. The van der Waals surface area contributed by atoms with E-state index in [1.807, 2.05) is 30.3 Å². The Morgan fingerprint density at radius 2 is 1.79 bits per heavy atom. The molecule has 3 amide bonds. The molecule has 8 heteroatoms. The summed E-state index contributed by atoms with van der Waals surface area (Å²) in [6.07, 6.45) is 3.40. The third kappa shape index (κ3) is 6.51. The van der Waals surface area contributed by atoms with Crippen LogP contribution in [0.3, 0.4) is 0 Å². The molecule has 0 unspecified atom stereocenters. The lowest BCUT2D eigenvalue weighted by atomic mass is 9.95. The summed E-state index contributed by atoms with van der Waals surface area (Å²) in [6.45, 7) is 1.65. The molecular formula is C21H28N4O4. The van der Waals surface area contributed by atoms with E-state index in [0.717, 1.165) is 18.4 Å². The van der Waals surface area contributed by atoms with Gasteiger partial charge >= 0.3 is 0 Å². The van der Waals surface area contributed by atoms with Gasteiger partial charge < -0.3 is 21.4 Å². The van der Waals surface area contributed by atoms with E-state index in [4.69, 9.17) is 5.41 Å². The Morgan fingerprint density at radius 1 is 1.14 bits per heavy atom. The topological polar surface area (TPSA) is 128 Å². The van der Waals surface area contributed by atoms with Crippen molar-refractivity contribution < 1.29 is 19.2 Å². The molecule has 0 spiro atoms. The molecule has 29 heavy (non-hydrogen) atoms. The fraction of sp³-hybridized carbons (Fsp3) is 0.476. The number of carbonyl (C=O) groups is 4. The predicted molar refractivity (Wildman–Crippen MR) is 108 cm³/mol. The molecule has 0 aromatic heterocycles. The first-order valence-electron chi connectivity index (χ1n) is 9.81. The zero-order chi connectivity index (χ0) is 21.3. The molecule has 1 aromatic carbocycles. The second kappa shape index (κ2) is 10.5. The molecule has 2 rings (SSSR count). The maximum absolute atomic E-state index is 13.0. The standard InChI is InChI=1S/C21H28N4O4/c1-15(26)25-21(11-5-6-12-21)20(29)24-18(10-9-17(27)13-22)19(28)23-14-16-7-3-2-4-8-16/h2-4,7-8,13,18,22H,5-6,9-12,14H2,1H3,(H,23,28)(H,24,29)(H,25,26)/t18-/m0/s1. The Hall–Kier alpha value is -3.03. The Kier molecular flexibility index (Phi) is 8.06. The van der Waals surface area contributed by atoms with Crippen molar-refractivity contribution >= 4 is 29.7 Å². The third-order valence-electron chi connectivity index (χ3n) is 5.08. The first-order valence-corrected chi connectivity index (χ1v) is 9.81. The van der Waals surface area contributed by atoms with Gasteiger partial charge in [-0.25, -0.2) is 0 Å². The zero-order valence-electron chi connectivity index (χ0n) is 16.6. The lowest BCUT2D eigenvalue weighted by Gasteiger charge is -2.30. The van der Waals surface area contributed by atoms with E-state index in [1.165, 1.54) is 6.92 Å². The second-order valence-corrected chi connectivity index (χ2v) is 7.35. The zero-order valence-corrected chi connectivity index (χ0v) is 16.6. The SMILES string of the molecule is CC(=O)NC1(C(=O)N[C@@H](CCC(=O)C=N)C(=O)NCc2ccccc2)CCCC1. The van der Waals surface area contributed by atoms with Crippen molar-refractivity contribution in [1.82, 2.24) is 16.0 Å². The smallest absolute Gasteiger partial charge is 0.246 e. The van der Waals surface area contributed by atoms with Crippen molar-refractivity contribution in [1.29, 1.82) is 5.41 Å². The largest absolute Gasteiger partial charge is 0.350 e. The predicted octanol–water partition coefficient (Wildman–Crippen LogP) is 1.24. The summed E-state index contributed by atoms with van der Waals surface area (Å²) < 4.78 is 0. The van der Waals surface area contributed by atoms with E-state index < -0.39 is 29.2 Å². The molecule has 1 fully saturated rings. The minimum absolute atomic E-state index is 0.0274.